The molecular weight excluding hydrogens is 246 g/mol. The Morgan fingerprint density at radius 1 is 1.39 bits per heavy atom. The molecule has 0 fully saturated rings. The fourth-order valence-corrected chi connectivity index (χ4v) is 2.71. The molecule has 0 saturated heterocycles. The smallest absolute Gasteiger partial charge is 0.0852 e. The molecule has 0 bridgehead atoms. The van der Waals surface area contributed by atoms with Crippen molar-refractivity contribution in [1.82, 2.24) is 19.4 Å². The first-order chi connectivity index (χ1) is 8.77. The summed E-state index contributed by atoms with van der Waals surface area (Å²) in [5, 5.41) is 8.48. The Morgan fingerprint density at radius 3 is 2.94 bits per heavy atom. The molecule has 0 aromatic carbocycles. The number of hydrogen-bond acceptors (Lipinski definition) is 5. The van der Waals surface area contributed by atoms with E-state index in [1.165, 1.54) is 11.5 Å². The van der Waals surface area contributed by atoms with Gasteiger partial charge in [0.25, 0.3) is 0 Å². The molecule has 1 unspecified atom stereocenters. The lowest BCUT2D eigenvalue weighted by Crippen LogP contribution is -2.18. The van der Waals surface area contributed by atoms with E-state index in [0.29, 0.717) is 0 Å². The molecule has 0 radical (unpaired) electrons. The molecular formula is C12H19N5S. The Kier molecular flexibility index (Phi) is 4.43. The van der Waals surface area contributed by atoms with Gasteiger partial charge in [-0.05, 0) is 30.4 Å². The van der Waals surface area contributed by atoms with Crippen LogP contribution < -0.4 is 5.73 Å². The zero-order valence-electron chi connectivity index (χ0n) is 10.8. The summed E-state index contributed by atoms with van der Waals surface area (Å²) in [6.07, 6.45) is 4.84. The largest absolute Gasteiger partial charge is 0.318 e. The molecule has 2 N–H and O–H groups in total. The van der Waals surface area contributed by atoms with Gasteiger partial charge in [-0.3, -0.25) is 4.68 Å². The van der Waals surface area contributed by atoms with E-state index in [4.69, 9.17) is 5.73 Å². The minimum absolute atomic E-state index is 0.166. The Balaban J connectivity index is 2.26. The maximum Gasteiger partial charge on any atom is 0.0852 e. The third-order valence-corrected chi connectivity index (χ3v) is 3.71. The number of hydrogen-bond donors (Lipinski definition) is 1. The van der Waals surface area contributed by atoms with Crippen LogP contribution in [0.1, 0.15) is 49.0 Å². The highest BCUT2D eigenvalue weighted by Crippen LogP contribution is 2.25. The summed E-state index contributed by atoms with van der Waals surface area (Å²) in [6.45, 7) is 5.16. The van der Waals surface area contributed by atoms with Crippen molar-refractivity contribution in [2.75, 3.05) is 0 Å². The monoisotopic (exact) mass is 265 g/mol. The van der Waals surface area contributed by atoms with Crippen molar-refractivity contribution in [2.24, 2.45) is 5.73 Å². The van der Waals surface area contributed by atoms with Gasteiger partial charge in [0.05, 0.1) is 22.3 Å². The van der Waals surface area contributed by atoms with Crippen molar-refractivity contribution in [3.05, 3.63) is 28.5 Å². The highest BCUT2D eigenvalue weighted by Gasteiger charge is 2.20. The highest BCUT2D eigenvalue weighted by atomic mass is 32.1. The molecule has 0 aliphatic carbocycles. The van der Waals surface area contributed by atoms with Gasteiger partial charge in [-0.2, -0.15) is 5.10 Å². The predicted octanol–water partition coefficient (Wildman–Crippen LogP) is 2.15. The summed E-state index contributed by atoms with van der Waals surface area (Å²) in [7, 11) is 0. The molecule has 2 rings (SSSR count). The zero-order chi connectivity index (χ0) is 13.0. The van der Waals surface area contributed by atoms with Crippen LogP contribution in [0, 0.1) is 0 Å². The van der Waals surface area contributed by atoms with E-state index in [1.807, 2.05) is 10.7 Å². The first-order valence-corrected chi connectivity index (χ1v) is 7.13. The second-order valence-corrected chi connectivity index (χ2v) is 5.08. The van der Waals surface area contributed by atoms with Crippen LogP contribution in [0.15, 0.2) is 12.3 Å². The van der Waals surface area contributed by atoms with Crippen molar-refractivity contribution < 1.29 is 0 Å². The number of nitrogens with two attached hydrogens (primary N) is 1. The van der Waals surface area contributed by atoms with Crippen molar-refractivity contribution in [3.8, 4) is 0 Å². The molecule has 0 aliphatic rings. The summed E-state index contributed by atoms with van der Waals surface area (Å²) in [5.74, 6) is 0. The van der Waals surface area contributed by atoms with Gasteiger partial charge in [0.1, 0.15) is 0 Å². The fraction of sp³-hybridized carbons (Fsp3) is 0.583. The van der Waals surface area contributed by atoms with Crippen LogP contribution in [0.4, 0.5) is 0 Å². The molecule has 2 heterocycles. The van der Waals surface area contributed by atoms with Crippen LogP contribution in [0.5, 0.6) is 0 Å². The molecule has 5 nitrogen and oxygen atoms in total. The van der Waals surface area contributed by atoms with Crippen molar-refractivity contribution in [3.63, 3.8) is 0 Å². The van der Waals surface area contributed by atoms with E-state index in [9.17, 15) is 0 Å². The Labute approximate surface area is 111 Å². The lowest BCUT2D eigenvalue weighted by Gasteiger charge is -2.13. The molecule has 98 valence electrons. The van der Waals surface area contributed by atoms with Gasteiger partial charge in [0.15, 0.2) is 0 Å². The molecule has 0 spiro atoms. The third-order valence-electron chi connectivity index (χ3n) is 2.86. The summed E-state index contributed by atoms with van der Waals surface area (Å²) in [5.41, 5.74) is 8.41. The van der Waals surface area contributed by atoms with Crippen LogP contribution in [0.3, 0.4) is 0 Å². The van der Waals surface area contributed by atoms with Gasteiger partial charge < -0.3 is 5.73 Å². The topological polar surface area (TPSA) is 69.6 Å². The summed E-state index contributed by atoms with van der Waals surface area (Å²) < 4.78 is 6.00. The second-order valence-electron chi connectivity index (χ2n) is 4.29. The van der Waals surface area contributed by atoms with Crippen molar-refractivity contribution >= 4 is 11.5 Å². The van der Waals surface area contributed by atoms with Crippen LogP contribution in [-0.4, -0.2) is 19.4 Å². The lowest BCUT2D eigenvalue weighted by molar-refractivity contribution is 0.560. The maximum absolute atomic E-state index is 6.34. The Hall–Kier alpha value is -1.27. The van der Waals surface area contributed by atoms with Crippen LogP contribution >= 0.6 is 11.5 Å². The Morgan fingerprint density at radius 2 is 2.22 bits per heavy atom. The van der Waals surface area contributed by atoms with Gasteiger partial charge in [-0.1, -0.05) is 24.8 Å². The second kappa shape index (κ2) is 6.06. The molecule has 2 aromatic heterocycles. The number of aromatic nitrogens is 4. The van der Waals surface area contributed by atoms with Crippen LogP contribution in [0.2, 0.25) is 0 Å². The molecule has 1 atom stereocenters. The number of rotatable bonds is 6. The summed E-state index contributed by atoms with van der Waals surface area (Å²) in [4.78, 5) is 1.06. The highest BCUT2D eigenvalue weighted by molar-refractivity contribution is 7.05. The zero-order valence-corrected chi connectivity index (χ0v) is 11.7. The first-order valence-electron chi connectivity index (χ1n) is 6.36. The molecule has 2 aromatic rings. The fourth-order valence-electron chi connectivity index (χ4n) is 2.00. The molecule has 0 aliphatic heterocycles. The quantitative estimate of drug-likeness (QED) is 0.868. The van der Waals surface area contributed by atoms with Gasteiger partial charge in [0.2, 0.25) is 0 Å². The Bertz CT molecular complexity index is 446. The van der Waals surface area contributed by atoms with E-state index in [-0.39, 0.29) is 6.04 Å². The van der Waals surface area contributed by atoms with E-state index < -0.39 is 0 Å². The average molecular weight is 265 g/mol. The average Bonchev–Trinajstić information content (AvgIpc) is 2.98. The van der Waals surface area contributed by atoms with E-state index in [0.717, 1.165) is 42.1 Å². The van der Waals surface area contributed by atoms with Crippen molar-refractivity contribution in [1.29, 1.82) is 0 Å². The van der Waals surface area contributed by atoms with E-state index >= 15 is 0 Å². The van der Waals surface area contributed by atoms with E-state index in [1.54, 1.807) is 6.20 Å². The van der Waals surface area contributed by atoms with Crippen LogP contribution in [0.25, 0.3) is 0 Å². The SMILES string of the molecule is CCCc1nnsc1C(N)c1ccnn1CCC. The summed E-state index contributed by atoms with van der Waals surface area (Å²) in [6, 6.07) is 1.82. The predicted molar refractivity (Wildman–Crippen MR) is 72.5 cm³/mol. The molecule has 0 amide bonds. The standard InChI is InChI=1S/C12H19N5S/c1-3-5-9-12(18-16-15-9)11(13)10-6-7-14-17(10)8-4-2/h6-7,11H,3-5,8,13H2,1-2H3. The number of aryl methyl sites for hydroxylation is 2. The summed E-state index contributed by atoms with van der Waals surface area (Å²) >= 11 is 1.40. The van der Waals surface area contributed by atoms with Crippen molar-refractivity contribution in [2.45, 2.75) is 45.7 Å². The van der Waals surface area contributed by atoms with Gasteiger partial charge in [0, 0.05) is 12.7 Å². The van der Waals surface area contributed by atoms with Gasteiger partial charge >= 0.3 is 0 Å². The van der Waals surface area contributed by atoms with E-state index in [2.05, 4.69) is 28.5 Å². The minimum Gasteiger partial charge on any atom is -0.318 e. The minimum atomic E-state index is -0.166. The first kappa shape index (κ1) is 13.2. The van der Waals surface area contributed by atoms with Gasteiger partial charge in [-0.15, -0.1) is 5.10 Å². The van der Waals surface area contributed by atoms with Gasteiger partial charge in [-0.25, -0.2) is 0 Å². The van der Waals surface area contributed by atoms with Crippen LogP contribution in [-0.2, 0) is 13.0 Å². The molecule has 18 heavy (non-hydrogen) atoms. The molecule has 0 saturated carbocycles. The number of nitrogens with zero attached hydrogens (tertiary/aromatic N) is 4. The third kappa shape index (κ3) is 2.59. The molecule has 6 heteroatoms. The lowest BCUT2D eigenvalue weighted by atomic mass is 10.1. The normalized spacial score (nSPS) is 12.8. The maximum atomic E-state index is 6.34.